The highest BCUT2D eigenvalue weighted by Gasteiger charge is 2.07. The van der Waals surface area contributed by atoms with Crippen molar-refractivity contribution in [3.05, 3.63) is 51.0 Å². The minimum atomic E-state index is -0.151. The van der Waals surface area contributed by atoms with Crippen LogP contribution in [0.5, 0.6) is 5.75 Å². The van der Waals surface area contributed by atoms with Gasteiger partial charge in [0.1, 0.15) is 17.3 Å². The molecule has 0 atom stereocenters. The molecule has 20 heavy (non-hydrogen) atoms. The summed E-state index contributed by atoms with van der Waals surface area (Å²) in [5.41, 5.74) is 0.991. The lowest BCUT2D eigenvalue weighted by molar-refractivity contribution is -0.123. The molecule has 1 aromatic carbocycles. The van der Waals surface area contributed by atoms with E-state index in [0.29, 0.717) is 12.3 Å². The first-order chi connectivity index (χ1) is 9.54. The molecule has 1 aromatic heterocycles. The molecule has 4 nitrogen and oxygen atoms in total. The molecule has 0 saturated carbocycles. The normalized spacial score (nSPS) is 10.3. The Kier molecular flexibility index (Phi) is 5.05. The highest BCUT2D eigenvalue weighted by atomic mass is 127. The maximum atomic E-state index is 11.7. The van der Waals surface area contributed by atoms with Gasteiger partial charge in [0.05, 0.1) is 0 Å². The van der Waals surface area contributed by atoms with Crippen LogP contribution in [0.25, 0.3) is 0 Å². The predicted molar refractivity (Wildman–Crippen MR) is 84.7 cm³/mol. The molecule has 0 unspecified atom stereocenters. The van der Waals surface area contributed by atoms with E-state index in [9.17, 15) is 4.79 Å². The Morgan fingerprint density at radius 2 is 2.00 bits per heavy atom. The summed E-state index contributed by atoms with van der Waals surface area (Å²) in [6, 6.07) is 9.49. The van der Waals surface area contributed by atoms with E-state index in [2.05, 4.69) is 27.9 Å². The third kappa shape index (κ3) is 4.26. The van der Waals surface area contributed by atoms with E-state index in [4.69, 9.17) is 9.15 Å². The molecular formula is C15H16INO3. The fourth-order valence-electron chi connectivity index (χ4n) is 1.78. The maximum Gasteiger partial charge on any atom is 0.258 e. The molecule has 0 fully saturated rings. The van der Waals surface area contributed by atoms with Crippen LogP contribution in [0.3, 0.4) is 0 Å². The summed E-state index contributed by atoms with van der Waals surface area (Å²) in [6.07, 6.45) is 0. The van der Waals surface area contributed by atoms with E-state index in [-0.39, 0.29) is 12.5 Å². The molecule has 1 heterocycles. The SMILES string of the molecule is Cc1cc(CNC(=O)COc2ccc(I)cc2)c(C)o1. The zero-order valence-corrected chi connectivity index (χ0v) is 13.6. The van der Waals surface area contributed by atoms with Crippen molar-refractivity contribution < 1.29 is 13.9 Å². The van der Waals surface area contributed by atoms with Gasteiger partial charge < -0.3 is 14.5 Å². The molecule has 2 rings (SSSR count). The highest BCUT2D eigenvalue weighted by molar-refractivity contribution is 14.1. The van der Waals surface area contributed by atoms with Gasteiger partial charge in [0, 0.05) is 15.7 Å². The number of carbonyl (C=O) groups excluding carboxylic acids is 1. The van der Waals surface area contributed by atoms with Gasteiger partial charge in [-0.05, 0) is 66.8 Å². The van der Waals surface area contributed by atoms with E-state index in [1.807, 2.05) is 44.2 Å². The second-order valence-electron chi connectivity index (χ2n) is 4.46. The van der Waals surface area contributed by atoms with Crippen molar-refractivity contribution in [3.8, 4) is 5.75 Å². The van der Waals surface area contributed by atoms with Gasteiger partial charge in [0.15, 0.2) is 6.61 Å². The van der Waals surface area contributed by atoms with Crippen LogP contribution in [0, 0.1) is 17.4 Å². The van der Waals surface area contributed by atoms with Crippen LogP contribution in [-0.4, -0.2) is 12.5 Å². The Balaban J connectivity index is 1.78. The molecule has 5 heteroatoms. The lowest BCUT2D eigenvalue weighted by Gasteiger charge is -2.07. The highest BCUT2D eigenvalue weighted by Crippen LogP contribution is 2.14. The molecule has 2 aromatic rings. The number of amides is 1. The second kappa shape index (κ2) is 6.78. The van der Waals surface area contributed by atoms with E-state index < -0.39 is 0 Å². The Morgan fingerprint density at radius 1 is 1.30 bits per heavy atom. The van der Waals surface area contributed by atoms with Crippen LogP contribution in [0.4, 0.5) is 0 Å². The number of carbonyl (C=O) groups is 1. The molecule has 0 aliphatic heterocycles. The van der Waals surface area contributed by atoms with Gasteiger partial charge in [-0.25, -0.2) is 0 Å². The van der Waals surface area contributed by atoms with Crippen molar-refractivity contribution in [2.45, 2.75) is 20.4 Å². The van der Waals surface area contributed by atoms with Gasteiger partial charge in [-0.1, -0.05) is 0 Å². The van der Waals surface area contributed by atoms with Gasteiger partial charge in [0.2, 0.25) is 0 Å². The molecule has 106 valence electrons. The van der Waals surface area contributed by atoms with Crippen molar-refractivity contribution >= 4 is 28.5 Å². The number of hydrogen-bond donors (Lipinski definition) is 1. The zero-order chi connectivity index (χ0) is 14.5. The van der Waals surface area contributed by atoms with Crippen LogP contribution >= 0.6 is 22.6 Å². The summed E-state index contributed by atoms with van der Waals surface area (Å²) in [5.74, 6) is 2.22. The Hall–Kier alpha value is -1.50. The minimum absolute atomic E-state index is 0.0104. The van der Waals surface area contributed by atoms with Gasteiger partial charge in [-0.3, -0.25) is 4.79 Å². The van der Waals surface area contributed by atoms with E-state index in [1.165, 1.54) is 0 Å². The fourth-order valence-corrected chi connectivity index (χ4v) is 2.14. The minimum Gasteiger partial charge on any atom is -0.484 e. The Bertz CT molecular complexity index is 590. The van der Waals surface area contributed by atoms with Crippen LogP contribution < -0.4 is 10.1 Å². The Labute approximate surface area is 131 Å². The first kappa shape index (κ1) is 14.9. The number of ether oxygens (including phenoxy) is 1. The van der Waals surface area contributed by atoms with E-state index in [1.54, 1.807) is 0 Å². The summed E-state index contributed by atoms with van der Waals surface area (Å²) >= 11 is 2.22. The summed E-state index contributed by atoms with van der Waals surface area (Å²) in [7, 11) is 0. The zero-order valence-electron chi connectivity index (χ0n) is 11.4. The number of rotatable bonds is 5. The van der Waals surface area contributed by atoms with Gasteiger partial charge in [-0.2, -0.15) is 0 Å². The first-order valence-corrected chi connectivity index (χ1v) is 7.33. The number of hydrogen-bond acceptors (Lipinski definition) is 3. The molecule has 0 spiro atoms. The lowest BCUT2D eigenvalue weighted by atomic mass is 10.2. The van der Waals surface area contributed by atoms with Crippen LogP contribution in [0.2, 0.25) is 0 Å². The van der Waals surface area contributed by atoms with E-state index in [0.717, 1.165) is 20.7 Å². The standard InChI is InChI=1S/C15H16INO3/c1-10-7-12(11(2)20-10)8-17-15(18)9-19-14-5-3-13(16)4-6-14/h3-7H,8-9H2,1-2H3,(H,17,18). The number of halogens is 1. The molecular weight excluding hydrogens is 369 g/mol. The van der Waals surface area contributed by atoms with Crippen molar-refractivity contribution in [2.75, 3.05) is 6.61 Å². The topological polar surface area (TPSA) is 51.5 Å². The predicted octanol–water partition coefficient (Wildman–Crippen LogP) is 3.20. The average molecular weight is 385 g/mol. The largest absolute Gasteiger partial charge is 0.484 e. The summed E-state index contributed by atoms with van der Waals surface area (Å²) < 4.78 is 11.9. The lowest BCUT2D eigenvalue weighted by Crippen LogP contribution is -2.28. The molecule has 0 aliphatic rings. The first-order valence-electron chi connectivity index (χ1n) is 6.25. The third-order valence-electron chi connectivity index (χ3n) is 2.80. The van der Waals surface area contributed by atoms with E-state index >= 15 is 0 Å². The summed E-state index contributed by atoms with van der Waals surface area (Å²) in [4.78, 5) is 11.7. The van der Waals surface area contributed by atoms with Gasteiger partial charge in [-0.15, -0.1) is 0 Å². The monoisotopic (exact) mass is 385 g/mol. The number of nitrogens with one attached hydrogen (secondary N) is 1. The summed E-state index contributed by atoms with van der Waals surface area (Å²) in [6.45, 7) is 4.24. The Morgan fingerprint density at radius 3 is 2.60 bits per heavy atom. The van der Waals surface area contributed by atoms with Crippen LogP contribution in [-0.2, 0) is 11.3 Å². The quantitative estimate of drug-likeness (QED) is 0.805. The number of aryl methyl sites for hydroxylation is 2. The second-order valence-corrected chi connectivity index (χ2v) is 5.70. The third-order valence-corrected chi connectivity index (χ3v) is 3.52. The average Bonchev–Trinajstić information content (AvgIpc) is 2.74. The van der Waals surface area contributed by atoms with Gasteiger partial charge in [0.25, 0.3) is 5.91 Å². The van der Waals surface area contributed by atoms with Crippen LogP contribution in [0.1, 0.15) is 17.1 Å². The number of furan rings is 1. The van der Waals surface area contributed by atoms with Crippen molar-refractivity contribution in [1.29, 1.82) is 0 Å². The molecule has 1 amide bonds. The fraction of sp³-hybridized carbons (Fsp3) is 0.267. The summed E-state index contributed by atoms with van der Waals surface area (Å²) in [5, 5.41) is 2.81. The smallest absolute Gasteiger partial charge is 0.258 e. The van der Waals surface area contributed by atoms with Crippen molar-refractivity contribution in [1.82, 2.24) is 5.32 Å². The van der Waals surface area contributed by atoms with Crippen molar-refractivity contribution in [2.24, 2.45) is 0 Å². The number of benzene rings is 1. The maximum absolute atomic E-state index is 11.7. The molecule has 0 aliphatic carbocycles. The molecule has 0 bridgehead atoms. The molecule has 0 saturated heterocycles. The molecule has 0 radical (unpaired) electrons. The molecule has 1 N–H and O–H groups in total. The van der Waals surface area contributed by atoms with Crippen molar-refractivity contribution in [3.63, 3.8) is 0 Å². The van der Waals surface area contributed by atoms with Crippen LogP contribution in [0.15, 0.2) is 34.7 Å². The van der Waals surface area contributed by atoms with Gasteiger partial charge >= 0.3 is 0 Å².